The molecule has 1 unspecified atom stereocenters. The minimum absolute atomic E-state index is 0.125. The standard InChI is InChI=1S/C8H16O2/c1-2-3-4-5-6-8(10)7-9/h3-4,8-10H,2,5-7H2,1H3/b4-3+. The van der Waals surface area contributed by atoms with Gasteiger partial charge in [-0.05, 0) is 19.3 Å². The molecule has 0 rings (SSSR count). The molecule has 0 bridgehead atoms. The Labute approximate surface area is 62.2 Å². The zero-order valence-corrected chi connectivity index (χ0v) is 6.45. The van der Waals surface area contributed by atoms with E-state index in [1.807, 2.05) is 6.08 Å². The minimum Gasteiger partial charge on any atom is -0.394 e. The highest BCUT2D eigenvalue weighted by atomic mass is 16.3. The summed E-state index contributed by atoms with van der Waals surface area (Å²) >= 11 is 0. The third kappa shape index (κ3) is 5.79. The van der Waals surface area contributed by atoms with Crippen LogP contribution in [-0.2, 0) is 0 Å². The van der Waals surface area contributed by atoms with Crippen LogP contribution in [0, 0.1) is 0 Å². The van der Waals surface area contributed by atoms with Crippen LogP contribution in [-0.4, -0.2) is 22.9 Å². The number of aliphatic hydroxyl groups is 2. The molecule has 60 valence electrons. The van der Waals surface area contributed by atoms with Crippen molar-refractivity contribution in [1.82, 2.24) is 0 Å². The van der Waals surface area contributed by atoms with Crippen molar-refractivity contribution >= 4 is 0 Å². The summed E-state index contributed by atoms with van der Waals surface area (Å²) in [4.78, 5) is 0. The molecule has 1 atom stereocenters. The number of hydrogen-bond acceptors (Lipinski definition) is 2. The summed E-state index contributed by atoms with van der Waals surface area (Å²) in [6.07, 6.45) is 6.10. The predicted octanol–water partition coefficient (Wildman–Crippen LogP) is 1.09. The van der Waals surface area contributed by atoms with Gasteiger partial charge in [0.2, 0.25) is 0 Å². The van der Waals surface area contributed by atoms with Gasteiger partial charge in [-0.15, -0.1) is 0 Å². The van der Waals surface area contributed by atoms with Crippen molar-refractivity contribution in [2.75, 3.05) is 6.61 Å². The molecule has 0 saturated carbocycles. The lowest BCUT2D eigenvalue weighted by atomic mass is 10.2. The monoisotopic (exact) mass is 144 g/mol. The van der Waals surface area contributed by atoms with Gasteiger partial charge < -0.3 is 10.2 Å². The van der Waals surface area contributed by atoms with E-state index in [9.17, 15) is 0 Å². The highest BCUT2D eigenvalue weighted by Crippen LogP contribution is 1.97. The number of rotatable bonds is 5. The SMILES string of the molecule is CC/C=C/CCC(O)CO. The van der Waals surface area contributed by atoms with E-state index in [-0.39, 0.29) is 6.61 Å². The molecule has 2 N–H and O–H groups in total. The van der Waals surface area contributed by atoms with Gasteiger partial charge in [0.05, 0.1) is 12.7 Å². The third-order valence-electron chi connectivity index (χ3n) is 1.28. The van der Waals surface area contributed by atoms with Crippen LogP contribution in [0.1, 0.15) is 26.2 Å². The van der Waals surface area contributed by atoms with Crippen molar-refractivity contribution in [3.63, 3.8) is 0 Å². The molecule has 0 aromatic rings. The first kappa shape index (κ1) is 9.66. The summed E-state index contributed by atoms with van der Waals surface area (Å²) in [5.74, 6) is 0. The molecule has 0 aliphatic carbocycles. The smallest absolute Gasteiger partial charge is 0.0773 e. The van der Waals surface area contributed by atoms with Gasteiger partial charge in [0.1, 0.15) is 0 Å². The molecule has 2 nitrogen and oxygen atoms in total. The van der Waals surface area contributed by atoms with E-state index in [1.165, 1.54) is 0 Å². The largest absolute Gasteiger partial charge is 0.394 e. The molecule has 0 heterocycles. The van der Waals surface area contributed by atoms with Crippen LogP contribution in [0.4, 0.5) is 0 Å². The van der Waals surface area contributed by atoms with E-state index in [2.05, 4.69) is 13.0 Å². The molecule has 0 aromatic heterocycles. The summed E-state index contributed by atoms with van der Waals surface area (Å²) < 4.78 is 0. The normalized spacial score (nSPS) is 14.3. The molecular weight excluding hydrogens is 128 g/mol. The Kier molecular flexibility index (Phi) is 6.55. The maximum atomic E-state index is 8.87. The fraction of sp³-hybridized carbons (Fsp3) is 0.750. The van der Waals surface area contributed by atoms with Crippen molar-refractivity contribution in [3.05, 3.63) is 12.2 Å². The molecule has 0 spiro atoms. The summed E-state index contributed by atoms with van der Waals surface area (Å²) in [7, 11) is 0. The van der Waals surface area contributed by atoms with Gasteiger partial charge in [-0.1, -0.05) is 19.1 Å². The van der Waals surface area contributed by atoms with Gasteiger partial charge in [-0.25, -0.2) is 0 Å². The molecule has 0 saturated heterocycles. The zero-order chi connectivity index (χ0) is 7.82. The van der Waals surface area contributed by atoms with Gasteiger partial charge >= 0.3 is 0 Å². The van der Waals surface area contributed by atoms with Crippen molar-refractivity contribution in [2.45, 2.75) is 32.3 Å². The Morgan fingerprint density at radius 1 is 1.40 bits per heavy atom. The van der Waals surface area contributed by atoms with E-state index < -0.39 is 6.10 Å². The molecule has 0 radical (unpaired) electrons. The quantitative estimate of drug-likeness (QED) is 0.567. The molecular formula is C8H16O2. The molecule has 10 heavy (non-hydrogen) atoms. The fourth-order valence-electron chi connectivity index (χ4n) is 0.664. The molecule has 0 aromatic carbocycles. The minimum atomic E-state index is -0.540. The highest BCUT2D eigenvalue weighted by Gasteiger charge is 1.97. The van der Waals surface area contributed by atoms with Crippen LogP contribution >= 0.6 is 0 Å². The van der Waals surface area contributed by atoms with Crippen LogP contribution < -0.4 is 0 Å². The second-order valence-corrected chi connectivity index (χ2v) is 2.29. The Morgan fingerprint density at radius 2 is 2.10 bits per heavy atom. The lowest BCUT2D eigenvalue weighted by Gasteiger charge is -2.02. The van der Waals surface area contributed by atoms with E-state index in [4.69, 9.17) is 10.2 Å². The van der Waals surface area contributed by atoms with Crippen LogP contribution in [0.25, 0.3) is 0 Å². The third-order valence-corrected chi connectivity index (χ3v) is 1.28. The van der Waals surface area contributed by atoms with Crippen molar-refractivity contribution < 1.29 is 10.2 Å². The second-order valence-electron chi connectivity index (χ2n) is 2.29. The Hall–Kier alpha value is -0.340. The number of hydrogen-bond donors (Lipinski definition) is 2. The topological polar surface area (TPSA) is 40.5 Å². The lowest BCUT2D eigenvalue weighted by molar-refractivity contribution is 0.0891. The van der Waals surface area contributed by atoms with Gasteiger partial charge in [0, 0.05) is 0 Å². The lowest BCUT2D eigenvalue weighted by Crippen LogP contribution is -2.10. The molecule has 0 aliphatic rings. The summed E-state index contributed by atoms with van der Waals surface area (Å²) in [5, 5.41) is 17.3. The van der Waals surface area contributed by atoms with Crippen molar-refractivity contribution in [2.24, 2.45) is 0 Å². The second kappa shape index (κ2) is 6.78. The Balaban J connectivity index is 3.10. The fourth-order valence-corrected chi connectivity index (χ4v) is 0.664. The van der Waals surface area contributed by atoms with Gasteiger partial charge in [0.25, 0.3) is 0 Å². The van der Waals surface area contributed by atoms with E-state index >= 15 is 0 Å². The molecule has 0 aliphatic heterocycles. The van der Waals surface area contributed by atoms with E-state index in [0.29, 0.717) is 6.42 Å². The zero-order valence-electron chi connectivity index (χ0n) is 6.45. The first-order valence-electron chi connectivity index (χ1n) is 3.75. The van der Waals surface area contributed by atoms with Crippen molar-refractivity contribution in [1.29, 1.82) is 0 Å². The summed E-state index contributed by atoms with van der Waals surface area (Å²) in [5.41, 5.74) is 0. The van der Waals surface area contributed by atoms with Crippen LogP contribution in [0.2, 0.25) is 0 Å². The van der Waals surface area contributed by atoms with Crippen LogP contribution in [0.15, 0.2) is 12.2 Å². The number of aliphatic hydroxyl groups excluding tert-OH is 2. The maximum absolute atomic E-state index is 8.87. The maximum Gasteiger partial charge on any atom is 0.0773 e. The average Bonchev–Trinajstić information content (AvgIpc) is 1.98. The van der Waals surface area contributed by atoms with Crippen LogP contribution in [0.3, 0.4) is 0 Å². The van der Waals surface area contributed by atoms with Gasteiger partial charge in [0.15, 0.2) is 0 Å². The molecule has 0 fully saturated rings. The first-order valence-corrected chi connectivity index (χ1v) is 3.75. The summed E-state index contributed by atoms with van der Waals surface area (Å²) in [6, 6.07) is 0. The number of allylic oxidation sites excluding steroid dienone is 2. The van der Waals surface area contributed by atoms with E-state index in [1.54, 1.807) is 0 Å². The Bertz CT molecular complexity index is 89.3. The summed E-state index contributed by atoms with van der Waals surface area (Å²) in [6.45, 7) is 1.94. The molecule has 2 heteroatoms. The first-order chi connectivity index (χ1) is 4.81. The van der Waals surface area contributed by atoms with Gasteiger partial charge in [-0.3, -0.25) is 0 Å². The van der Waals surface area contributed by atoms with Crippen molar-refractivity contribution in [3.8, 4) is 0 Å². The van der Waals surface area contributed by atoms with E-state index in [0.717, 1.165) is 12.8 Å². The van der Waals surface area contributed by atoms with Gasteiger partial charge in [-0.2, -0.15) is 0 Å². The average molecular weight is 144 g/mol. The predicted molar refractivity (Wildman–Crippen MR) is 41.8 cm³/mol. The molecule has 0 amide bonds. The Morgan fingerprint density at radius 3 is 2.60 bits per heavy atom. The highest BCUT2D eigenvalue weighted by molar-refractivity contribution is 4.80. The van der Waals surface area contributed by atoms with Crippen LogP contribution in [0.5, 0.6) is 0 Å².